The second-order valence-corrected chi connectivity index (χ2v) is 12.4. The molecule has 0 aromatic carbocycles. The number of aliphatic carboxylic acids is 2. The van der Waals surface area contributed by atoms with Crippen LogP contribution in [0.25, 0.3) is 0 Å². The third-order valence-electron chi connectivity index (χ3n) is 7.82. The number of carboxylic acid groups (broad SMARTS) is 2. The number of hydrogen-bond acceptors (Lipinski definition) is 2. The zero-order valence-corrected chi connectivity index (χ0v) is 24.6. The van der Waals surface area contributed by atoms with Gasteiger partial charge < -0.3 is 10.2 Å². The molecule has 0 atom stereocenters. The van der Waals surface area contributed by atoms with E-state index in [1.54, 1.807) is 0 Å². The van der Waals surface area contributed by atoms with Crippen LogP contribution in [0.1, 0.15) is 175 Å². The van der Waals surface area contributed by atoms with Gasteiger partial charge in [-0.2, -0.15) is 0 Å². The normalized spacial score (nSPS) is 12.1. The minimum absolute atomic E-state index is 0.241. The molecule has 0 fully saturated rings. The highest BCUT2D eigenvalue weighted by molar-refractivity contribution is 5.81. The molecule has 0 unspecified atom stereocenters. The van der Waals surface area contributed by atoms with Crippen LogP contribution in [0.15, 0.2) is 0 Å². The monoisotopic (exact) mass is 510 g/mol. The topological polar surface area (TPSA) is 74.6 Å². The Bertz CT molecular complexity index is 496. The Morgan fingerprint density at radius 3 is 1.03 bits per heavy atom. The van der Waals surface area contributed by atoms with Gasteiger partial charge in [-0.15, -0.1) is 0 Å². The third kappa shape index (κ3) is 21.1. The molecule has 0 heterocycles. The van der Waals surface area contributed by atoms with Crippen molar-refractivity contribution >= 4 is 11.9 Å². The van der Waals surface area contributed by atoms with Crippen molar-refractivity contribution in [1.82, 2.24) is 0 Å². The van der Waals surface area contributed by atoms with Gasteiger partial charge in [-0.1, -0.05) is 156 Å². The van der Waals surface area contributed by atoms with Crippen molar-refractivity contribution in [2.24, 2.45) is 17.3 Å². The van der Waals surface area contributed by atoms with E-state index in [1.165, 1.54) is 89.9 Å². The predicted octanol–water partition coefficient (Wildman–Crippen LogP) is 10.4. The molecule has 214 valence electrons. The Hall–Kier alpha value is -1.06. The van der Waals surface area contributed by atoms with E-state index in [1.807, 2.05) is 0 Å². The maximum atomic E-state index is 12.2. The van der Waals surface area contributed by atoms with Gasteiger partial charge in [0.2, 0.25) is 0 Å². The van der Waals surface area contributed by atoms with E-state index in [9.17, 15) is 19.8 Å². The molecule has 0 spiro atoms. The van der Waals surface area contributed by atoms with Crippen molar-refractivity contribution < 1.29 is 19.8 Å². The van der Waals surface area contributed by atoms with E-state index >= 15 is 0 Å². The van der Waals surface area contributed by atoms with Crippen molar-refractivity contribution in [3.63, 3.8) is 0 Å². The highest BCUT2D eigenvalue weighted by Gasteiger charge is 2.39. The fourth-order valence-electron chi connectivity index (χ4n) is 5.39. The number of carboxylic acids is 2. The van der Waals surface area contributed by atoms with E-state index < -0.39 is 17.4 Å². The van der Waals surface area contributed by atoms with Gasteiger partial charge in [-0.3, -0.25) is 9.59 Å². The van der Waals surface area contributed by atoms with Crippen molar-refractivity contribution in [2.45, 2.75) is 175 Å². The Labute approximate surface area is 224 Å². The van der Waals surface area contributed by atoms with Crippen LogP contribution in [0.5, 0.6) is 0 Å². The first-order valence-electron chi connectivity index (χ1n) is 15.6. The second kappa shape index (κ2) is 23.1. The van der Waals surface area contributed by atoms with Crippen LogP contribution >= 0.6 is 0 Å². The molecule has 0 bridgehead atoms. The molecule has 0 amide bonds. The highest BCUT2D eigenvalue weighted by atomic mass is 16.4. The van der Waals surface area contributed by atoms with Gasteiger partial charge in [-0.05, 0) is 24.7 Å². The summed E-state index contributed by atoms with van der Waals surface area (Å²) in [5.41, 5.74) is -1.08. The van der Waals surface area contributed by atoms with Crippen molar-refractivity contribution in [3.8, 4) is 0 Å². The van der Waals surface area contributed by atoms with Gasteiger partial charge in [0, 0.05) is 0 Å². The summed E-state index contributed by atoms with van der Waals surface area (Å²) in [6, 6.07) is 0. The van der Waals surface area contributed by atoms with Crippen LogP contribution in [0.4, 0.5) is 0 Å². The summed E-state index contributed by atoms with van der Waals surface area (Å²) in [6.45, 7) is 9.14. The van der Waals surface area contributed by atoms with Crippen LogP contribution in [-0.4, -0.2) is 22.2 Å². The first-order valence-corrected chi connectivity index (χ1v) is 15.6. The standard InChI is InChI=1S/C32H62O4/c1-28(2)23-19-15-11-7-5-9-13-17-21-25-32(31(35)36,27-30(33)34)26-22-18-14-10-6-8-12-16-20-24-29(3)4/h28-29H,5-27H2,1-4H3,(H,33,34)(H,35,36). The van der Waals surface area contributed by atoms with Gasteiger partial charge in [0.15, 0.2) is 0 Å². The number of rotatable bonds is 27. The molecule has 36 heavy (non-hydrogen) atoms. The van der Waals surface area contributed by atoms with Gasteiger partial charge in [0.05, 0.1) is 11.8 Å². The molecule has 0 saturated heterocycles. The van der Waals surface area contributed by atoms with Gasteiger partial charge in [0.1, 0.15) is 0 Å². The molecular formula is C32H62O4. The molecule has 0 aliphatic rings. The summed E-state index contributed by atoms with van der Waals surface area (Å²) >= 11 is 0. The van der Waals surface area contributed by atoms with Gasteiger partial charge in [0.25, 0.3) is 0 Å². The van der Waals surface area contributed by atoms with E-state index in [0.29, 0.717) is 12.8 Å². The van der Waals surface area contributed by atoms with E-state index in [2.05, 4.69) is 27.7 Å². The molecular weight excluding hydrogens is 448 g/mol. The summed E-state index contributed by atoms with van der Waals surface area (Å²) in [6.07, 6.45) is 24.9. The third-order valence-corrected chi connectivity index (χ3v) is 7.82. The Morgan fingerprint density at radius 2 is 0.778 bits per heavy atom. The van der Waals surface area contributed by atoms with E-state index in [4.69, 9.17) is 0 Å². The van der Waals surface area contributed by atoms with Crippen molar-refractivity contribution in [2.75, 3.05) is 0 Å². The number of hydrogen-bond donors (Lipinski definition) is 2. The zero-order valence-electron chi connectivity index (χ0n) is 24.6. The first kappa shape index (κ1) is 34.9. The first-order chi connectivity index (χ1) is 17.2. The van der Waals surface area contributed by atoms with Crippen LogP contribution in [0, 0.1) is 17.3 Å². The fourth-order valence-corrected chi connectivity index (χ4v) is 5.39. The van der Waals surface area contributed by atoms with E-state index in [-0.39, 0.29) is 6.42 Å². The van der Waals surface area contributed by atoms with Crippen molar-refractivity contribution in [1.29, 1.82) is 0 Å². The zero-order chi connectivity index (χ0) is 27.1. The summed E-state index contributed by atoms with van der Waals surface area (Å²) in [7, 11) is 0. The number of unbranched alkanes of at least 4 members (excludes halogenated alkanes) is 16. The summed E-state index contributed by atoms with van der Waals surface area (Å²) in [4.78, 5) is 23.7. The smallest absolute Gasteiger partial charge is 0.310 e. The highest BCUT2D eigenvalue weighted by Crippen LogP contribution is 2.36. The average Bonchev–Trinajstić information content (AvgIpc) is 2.79. The van der Waals surface area contributed by atoms with Gasteiger partial charge in [-0.25, -0.2) is 0 Å². The fraction of sp³-hybridized carbons (Fsp3) is 0.938. The molecule has 2 N–H and O–H groups in total. The molecule has 0 rings (SSSR count). The van der Waals surface area contributed by atoms with Crippen LogP contribution < -0.4 is 0 Å². The average molecular weight is 511 g/mol. The lowest BCUT2D eigenvalue weighted by atomic mass is 9.75. The predicted molar refractivity (Wildman–Crippen MR) is 154 cm³/mol. The molecule has 0 aromatic rings. The van der Waals surface area contributed by atoms with Crippen LogP contribution in [0.3, 0.4) is 0 Å². The lowest BCUT2D eigenvalue weighted by Gasteiger charge is -2.28. The summed E-state index contributed by atoms with van der Waals surface area (Å²) < 4.78 is 0. The maximum absolute atomic E-state index is 12.2. The second-order valence-electron chi connectivity index (χ2n) is 12.4. The SMILES string of the molecule is CC(C)CCCCCCCCCCCC(CCCCCCCCCCCC(C)C)(CC(=O)O)C(=O)O. The quantitative estimate of drug-likeness (QED) is 0.108. The van der Waals surface area contributed by atoms with Crippen molar-refractivity contribution in [3.05, 3.63) is 0 Å². The van der Waals surface area contributed by atoms with Gasteiger partial charge >= 0.3 is 11.9 Å². The lowest BCUT2D eigenvalue weighted by molar-refractivity contribution is -0.157. The Kier molecular flexibility index (Phi) is 22.4. The lowest BCUT2D eigenvalue weighted by Crippen LogP contribution is -2.33. The number of carbonyl (C=O) groups is 2. The van der Waals surface area contributed by atoms with Crippen LogP contribution in [0.2, 0.25) is 0 Å². The molecule has 0 aliphatic heterocycles. The molecule has 4 heteroatoms. The molecule has 0 saturated carbocycles. The summed E-state index contributed by atoms with van der Waals surface area (Å²) in [5, 5.41) is 19.4. The van der Waals surface area contributed by atoms with Crippen LogP contribution in [-0.2, 0) is 9.59 Å². The molecule has 0 aromatic heterocycles. The molecule has 4 nitrogen and oxygen atoms in total. The minimum atomic E-state index is -1.08. The molecule has 0 aliphatic carbocycles. The Morgan fingerprint density at radius 1 is 0.500 bits per heavy atom. The largest absolute Gasteiger partial charge is 0.481 e. The summed E-state index contributed by atoms with van der Waals surface area (Å²) in [5.74, 6) is -0.272. The molecule has 0 radical (unpaired) electrons. The Balaban J connectivity index is 4.06. The van der Waals surface area contributed by atoms with E-state index in [0.717, 1.165) is 50.4 Å². The minimum Gasteiger partial charge on any atom is -0.481 e. The maximum Gasteiger partial charge on any atom is 0.310 e.